The van der Waals surface area contributed by atoms with Gasteiger partial charge in [-0.2, -0.15) is 0 Å². The maximum Gasteiger partial charge on any atom is 0.312 e. The van der Waals surface area contributed by atoms with E-state index < -0.39 is 11.8 Å². The Labute approximate surface area is 188 Å². The van der Waals surface area contributed by atoms with Gasteiger partial charge in [0.25, 0.3) is 5.91 Å². The number of piperazine rings is 1. The third kappa shape index (κ3) is 4.35. The lowest BCUT2D eigenvalue weighted by molar-refractivity contribution is -0.147. The third-order valence-corrected chi connectivity index (χ3v) is 6.11. The van der Waals surface area contributed by atoms with E-state index in [-0.39, 0.29) is 11.9 Å². The number of furan rings is 1. The largest absolute Gasteiger partial charge is 0.467 e. The van der Waals surface area contributed by atoms with E-state index in [2.05, 4.69) is 29.3 Å². The lowest BCUT2D eigenvalue weighted by atomic mass is 10.1. The maximum absolute atomic E-state index is 13.2. The monoisotopic (exact) mass is 438 g/mol. The second-order valence-corrected chi connectivity index (χ2v) is 8.78. The second kappa shape index (κ2) is 9.06. The fourth-order valence-electron chi connectivity index (χ4n) is 4.43. The Balaban J connectivity index is 1.39. The van der Waals surface area contributed by atoms with Crippen LogP contribution in [0.1, 0.15) is 42.5 Å². The summed E-state index contributed by atoms with van der Waals surface area (Å²) in [5.41, 5.74) is 3.04. The molecular formula is C24H30N4O4. The fourth-order valence-corrected chi connectivity index (χ4v) is 4.43. The van der Waals surface area contributed by atoms with Crippen LogP contribution in [0.5, 0.6) is 0 Å². The van der Waals surface area contributed by atoms with Gasteiger partial charge in [-0.15, -0.1) is 0 Å². The highest BCUT2D eigenvalue weighted by molar-refractivity contribution is 6.35. The van der Waals surface area contributed by atoms with E-state index in [4.69, 9.17) is 4.42 Å². The number of carbonyl (C=O) groups excluding carboxylic acids is 3. The molecule has 2 aromatic rings. The Bertz CT molecular complexity index is 1010. The normalized spacial score (nSPS) is 18.1. The zero-order valence-corrected chi connectivity index (χ0v) is 18.8. The van der Waals surface area contributed by atoms with Gasteiger partial charge in [0.15, 0.2) is 0 Å². The molecule has 1 unspecified atom stereocenters. The van der Waals surface area contributed by atoms with Crippen LogP contribution in [0.25, 0.3) is 0 Å². The second-order valence-electron chi connectivity index (χ2n) is 8.78. The molecule has 1 aromatic carbocycles. The summed E-state index contributed by atoms with van der Waals surface area (Å²) in [5, 5.41) is 2.62. The maximum atomic E-state index is 13.2. The molecule has 4 rings (SSSR count). The first-order valence-electron chi connectivity index (χ1n) is 11.1. The van der Waals surface area contributed by atoms with Crippen LogP contribution in [0, 0.1) is 0 Å². The first-order chi connectivity index (χ1) is 15.3. The van der Waals surface area contributed by atoms with Crippen molar-refractivity contribution in [1.29, 1.82) is 0 Å². The number of hydrogen-bond donors (Lipinski definition) is 1. The van der Waals surface area contributed by atoms with E-state index in [1.807, 2.05) is 26.0 Å². The molecule has 2 aliphatic heterocycles. The molecule has 170 valence electrons. The summed E-state index contributed by atoms with van der Waals surface area (Å²) in [7, 11) is 0. The van der Waals surface area contributed by atoms with E-state index >= 15 is 0 Å². The van der Waals surface area contributed by atoms with E-state index in [0.717, 1.165) is 6.42 Å². The summed E-state index contributed by atoms with van der Waals surface area (Å²) in [6.45, 7) is 7.76. The smallest absolute Gasteiger partial charge is 0.312 e. The Morgan fingerprint density at radius 3 is 2.47 bits per heavy atom. The van der Waals surface area contributed by atoms with Crippen LogP contribution in [0.4, 0.5) is 5.69 Å². The highest BCUT2D eigenvalue weighted by atomic mass is 16.3. The predicted molar refractivity (Wildman–Crippen MR) is 120 cm³/mol. The lowest BCUT2D eigenvalue weighted by Crippen LogP contribution is -2.54. The molecule has 0 saturated carbocycles. The van der Waals surface area contributed by atoms with Crippen LogP contribution >= 0.6 is 0 Å². The molecule has 1 fully saturated rings. The molecule has 32 heavy (non-hydrogen) atoms. The van der Waals surface area contributed by atoms with Crippen LogP contribution in [-0.4, -0.2) is 65.8 Å². The van der Waals surface area contributed by atoms with Gasteiger partial charge < -0.3 is 24.4 Å². The number of amides is 3. The summed E-state index contributed by atoms with van der Waals surface area (Å²) in [6.07, 6.45) is 2.53. The lowest BCUT2D eigenvalue weighted by Gasteiger charge is -2.34. The molecule has 8 nitrogen and oxygen atoms in total. The fraction of sp³-hybridized carbons (Fsp3) is 0.458. The molecule has 0 bridgehead atoms. The Morgan fingerprint density at radius 1 is 1.06 bits per heavy atom. The van der Waals surface area contributed by atoms with Gasteiger partial charge in [-0.3, -0.25) is 14.4 Å². The molecule has 1 aromatic heterocycles. The minimum absolute atomic E-state index is 0.0980. The van der Waals surface area contributed by atoms with E-state index in [1.54, 1.807) is 17.2 Å². The van der Waals surface area contributed by atoms with E-state index in [1.165, 1.54) is 16.2 Å². The van der Waals surface area contributed by atoms with E-state index in [0.29, 0.717) is 50.1 Å². The van der Waals surface area contributed by atoms with Gasteiger partial charge in [0, 0.05) is 44.0 Å². The van der Waals surface area contributed by atoms with Gasteiger partial charge in [-0.05, 0) is 44.9 Å². The molecular weight excluding hydrogens is 408 g/mol. The molecule has 0 radical (unpaired) electrons. The average Bonchev–Trinajstić information content (AvgIpc) is 3.37. The molecule has 1 N–H and O–H groups in total. The summed E-state index contributed by atoms with van der Waals surface area (Å²) in [6, 6.07) is 10.3. The van der Waals surface area contributed by atoms with Crippen molar-refractivity contribution in [2.75, 3.05) is 31.1 Å². The van der Waals surface area contributed by atoms with Gasteiger partial charge >= 0.3 is 11.8 Å². The van der Waals surface area contributed by atoms with Gasteiger partial charge in [0.2, 0.25) is 0 Å². The standard InChI is InChI=1S/C24H30N4O4/c1-16(2)25-22(29)24(31)27-11-9-26(10-12-27)23(30)19-8-13-32-21(19)15-28-17(3)14-18-6-4-5-7-20(18)28/h4-8,13,16-17H,9-12,14-15H2,1-3H3,(H,25,29). The van der Waals surface area contributed by atoms with Crippen LogP contribution in [0.3, 0.4) is 0 Å². The highest BCUT2D eigenvalue weighted by Crippen LogP contribution is 2.33. The van der Waals surface area contributed by atoms with Crippen molar-refractivity contribution < 1.29 is 18.8 Å². The molecule has 0 aliphatic carbocycles. The van der Waals surface area contributed by atoms with Gasteiger partial charge in [0.05, 0.1) is 18.4 Å². The molecule has 8 heteroatoms. The number of rotatable bonds is 4. The summed E-state index contributed by atoms with van der Waals surface area (Å²) >= 11 is 0. The minimum atomic E-state index is -0.600. The Hall–Kier alpha value is -3.29. The number of fused-ring (bicyclic) bond motifs is 1. The topological polar surface area (TPSA) is 86.1 Å². The molecule has 2 aliphatic rings. The van der Waals surface area contributed by atoms with Crippen molar-refractivity contribution >= 4 is 23.4 Å². The number of benzene rings is 1. The quantitative estimate of drug-likeness (QED) is 0.739. The first-order valence-corrected chi connectivity index (χ1v) is 11.1. The number of para-hydroxylation sites is 1. The van der Waals surface area contributed by atoms with Crippen molar-refractivity contribution in [3.63, 3.8) is 0 Å². The number of anilines is 1. The molecule has 3 heterocycles. The van der Waals surface area contributed by atoms with Crippen molar-refractivity contribution in [2.24, 2.45) is 0 Å². The highest BCUT2D eigenvalue weighted by Gasteiger charge is 2.32. The van der Waals surface area contributed by atoms with Gasteiger partial charge in [-0.25, -0.2) is 0 Å². The summed E-state index contributed by atoms with van der Waals surface area (Å²) < 4.78 is 5.72. The SMILES string of the molecule is CC(C)NC(=O)C(=O)N1CCN(C(=O)c2ccoc2CN2c3ccccc3CC2C)CC1. The number of nitrogens with zero attached hydrogens (tertiary/aromatic N) is 3. The average molecular weight is 439 g/mol. The zero-order valence-electron chi connectivity index (χ0n) is 18.8. The van der Waals surface area contributed by atoms with Crippen molar-refractivity contribution in [1.82, 2.24) is 15.1 Å². The number of carbonyl (C=O) groups is 3. The van der Waals surface area contributed by atoms with Crippen molar-refractivity contribution in [2.45, 2.75) is 45.8 Å². The molecule has 1 atom stereocenters. The van der Waals surface area contributed by atoms with Crippen molar-refractivity contribution in [3.05, 3.63) is 53.5 Å². The Morgan fingerprint density at radius 2 is 1.75 bits per heavy atom. The number of hydrogen-bond acceptors (Lipinski definition) is 5. The predicted octanol–water partition coefficient (Wildman–Crippen LogP) is 2.04. The molecule has 3 amide bonds. The zero-order chi connectivity index (χ0) is 22.8. The summed E-state index contributed by atoms with van der Waals surface area (Å²) in [5.74, 6) is -0.602. The van der Waals surface area contributed by atoms with Crippen LogP contribution in [0.2, 0.25) is 0 Å². The third-order valence-electron chi connectivity index (χ3n) is 6.11. The number of nitrogens with one attached hydrogen (secondary N) is 1. The molecule has 1 saturated heterocycles. The van der Waals surface area contributed by atoms with Gasteiger partial charge in [0.1, 0.15) is 5.76 Å². The van der Waals surface area contributed by atoms with Crippen LogP contribution in [0.15, 0.2) is 41.0 Å². The minimum Gasteiger partial charge on any atom is -0.467 e. The van der Waals surface area contributed by atoms with Crippen LogP contribution in [-0.2, 0) is 22.6 Å². The van der Waals surface area contributed by atoms with Crippen molar-refractivity contribution in [3.8, 4) is 0 Å². The Kier molecular flexibility index (Phi) is 6.21. The summed E-state index contributed by atoms with van der Waals surface area (Å²) in [4.78, 5) is 43.0. The first kappa shape index (κ1) is 21.9. The van der Waals surface area contributed by atoms with E-state index in [9.17, 15) is 14.4 Å². The van der Waals surface area contributed by atoms with Crippen LogP contribution < -0.4 is 10.2 Å². The van der Waals surface area contributed by atoms with Gasteiger partial charge in [-0.1, -0.05) is 18.2 Å². The molecule has 0 spiro atoms.